The molecular weight excluding hydrogens is 294 g/mol. The fraction of sp³-hybridized carbons (Fsp3) is 0.412. The van der Waals surface area contributed by atoms with Crippen molar-refractivity contribution in [3.8, 4) is 0 Å². The molecule has 1 aromatic heterocycles. The first kappa shape index (κ1) is 15.6. The number of ether oxygens (including phenoxy) is 1. The number of aryl methyl sites for hydroxylation is 1. The van der Waals surface area contributed by atoms with Crippen LogP contribution in [0.2, 0.25) is 0 Å². The Morgan fingerprint density at radius 1 is 1.39 bits per heavy atom. The van der Waals surface area contributed by atoms with Crippen molar-refractivity contribution in [1.82, 2.24) is 5.16 Å². The maximum Gasteiger partial charge on any atom is 0.277 e. The second-order valence-electron chi connectivity index (χ2n) is 5.77. The van der Waals surface area contributed by atoms with E-state index < -0.39 is 0 Å². The molecule has 1 fully saturated rings. The molecule has 6 nitrogen and oxygen atoms in total. The molecule has 2 heterocycles. The van der Waals surface area contributed by atoms with Crippen LogP contribution in [0.3, 0.4) is 0 Å². The lowest BCUT2D eigenvalue weighted by Gasteiger charge is -2.33. The standard InChI is InChI=1S/C17H21N3O3/c1-12-10-16(19-23-12)17(21)18-13-5-7-14(8-6-13)20-9-3-4-15(11-20)22-2/h5-8,10,15H,3-4,9,11H2,1-2H3,(H,18,21). The van der Waals surface area contributed by atoms with Crippen LogP contribution in [0.4, 0.5) is 11.4 Å². The first-order valence-corrected chi connectivity index (χ1v) is 7.78. The Labute approximate surface area is 135 Å². The lowest BCUT2D eigenvalue weighted by Crippen LogP contribution is -2.39. The van der Waals surface area contributed by atoms with Crippen LogP contribution in [-0.4, -0.2) is 37.4 Å². The molecule has 1 atom stereocenters. The summed E-state index contributed by atoms with van der Waals surface area (Å²) in [5.41, 5.74) is 2.16. The van der Waals surface area contributed by atoms with Crippen LogP contribution in [0.15, 0.2) is 34.9 Å². The molecule has 0 spiro atoms. The van der Waals surface area contributed by atoms with Gasteiger partial charge in [-0.2, -0.15) is 0 Å². The van der Waals surface area contributed by atoms with Gasteiger partial charge in [0.25, 0.3) is 5.91 Å². The third-order valence-electron chi connectivity index (χ3n) is 4.06. The number of nitrogens with zero attached hydrogens (tertiary/aromatic N) is 2. The van der Waals surface area contributed by atoms with Crippen molar-refractivity contribution in [1.29, 1.82) is 0 Å². The smallest absolute Gasteiger partial charge is 0.277 e. The van der Waals surface area contributed by atoms with Crippen molar-refractivity contribution in [2.45, 2.75) is 25.9 Å². The number of hydrogen-bond donors (Lipinski definition) is 1. The summed E-state index contributed by atoms with van der Waals surface area (Å²) in [4.78, 5) is 14.3. The third-order valence-corrected chi connectivity index (χ3v) is 4.06. The molecule has 1 aromatic carbocycles. The predicted molar refractivity (Wildman–Crippen MR) is 87.9 cm³/mol. The van der Waals surface area contributed by atoms with Crippen LogP contribution in [0, 0.1) is 6.92 Å². The lowest BCUT2D eigenvalue weighted by molar-refractivity contribution is 0.0893. The van der Waals surface area contributed by atoms with E-state index in [0.29, 0.717) is 11.9 Å². The number of carbonyl (C=O) groups excluding carboxylic acids is 1. The van der Waals surface area contributed by atoms with Gasteiger partial charge in [0, 0.05) is 37.6 Å². The molecule has 6 heteroatoms. The van der Waals surface area contributed by atoms with E-state index in [2.05, 4.69) is 15.4 Å². The molecular formula is C17H21N3O3. The Bertz CT molecular complexity index is 666. The molecule has 1 amide bonds. The largest absolute Gasteiger partial charge is 0.380 e. The van der Waals surface area contributed by atoms with Gasteiger partial charge in [-0.1, -0.05) is 5.16 Å². The Morgan fingerprint density at radius 2 is 2.17 bits per heavy atom. The number of rotatable bonds is 4. The summed E-state index contributed by atoms with van der Waals surface area (Å²) in [7, 11) is 1.76. The monoisotopic (exact) mass is 315 g/mol. The second-order valence-corrected chi connectivity index (χ2v) is 5.77. The zero-order valence-electron chi connectivity index (χ0n) is 13.4. The molecule has 1 aliphatic heterocycles. The summed E-state index contributed by atoms with van der Waals surface area (Å²) in [6.45, 7) is 3.69. The number of aromatic nitrogens is 1. The minimum Gasteiger partial charge on any atom is -0.380 e. The number of methoxy groups -OCH3 is 1. The molecule has 0 radical (unpaired) electrons. The molecule has 0 bridgehead atoms. The van der Waals surface area contributed by atoms with Crippen molar-refractivity contribution in [3.63, 3.8) is 0 Å². The molecule has 0 saturated carbocycles. The molecule has 2 aromatic rings. The van der Waals surface area contributed by atoms with Crippen molar-refractivity contribution in [2.75, 3.05) is 30.4 Å². The number of anilines is 2. The van der Waals surface area contributed by atoms with Crippen LogP contribution in [0.5, 0.6) is 0 Å². The normalized spacial score (nSPS) is 18.0. The van der Waals surface area contributed by atoms with Gasteiger partial charge in [-0.15, -0.1) is 0 Å². The van der Waals surface area contributed by atoms with Crippen LogP contribution >= 0.6 is 0 Å². The Hall–Kier alpha value is -2.34. The summed E-state index contributed by atoms with van der Waals surface area (Å²) in [5.74, 6) is 0.343. The van der Waals surface area contributed by atoms with Gasteiger partial charge in [0.05, 0.1) is 6.10 Å². The molecule has 1 N–H and O–H groups in total. The van der Waals surface area contributed by atoms with E-state index in [4.69, 9.17) is 9.26 Å². The first-order valence-electron chi connectivity index (χ1n) is 7.78. The average Bonchev–Trinajstić information content (AvgIpc) is 3.02. The van der Waals surface area contributed by atoms with E-state index in [9.17, 15) is 4.79 Å². The molecule has 1 aliphatic rings. The minimum atomic E-state index is -0.271. The summed E-state index contributed by atoms with van der Waals surface area (Å²) >= 11 is 0. The van der Waals surface area contributed by atoms with E-state index in [1.54, 1.807) is 20.1 Å². The predicted octanol–water partition coefficient (Wildman–Crippen LogP) is 2.85. The van der Waals surface area contributed by atoms with Gasteiger partial charge >= 0.3 is 0 Å². The van der Waals surface area contributed by atoms with E-state index >= 15 is 0 Å². The van der Waals surface area contributed by atoms with Gasteiger partial charge in [-0.25, -0.2) is 0 Å². The van der Waals surface area contributed by atoms with E-state index in [1.807, 2.05) is 24.3 Å². The highest BCUT2D eigenvalue weighted by molar-refractivity contribution is 6.02. The highest BCUT2D eigenvalue weighted by atomic mass is 16.5. The number of amides is 1. The van der Waals surface area contributed by atoms with E-state index in [1.165, 1.54) is 0 Å². The SMILES string of the molecule is COC1CCCN(c2ccc(NC(=O)c3cc(C)on3)cc2)C1. The van der Waals surface area contributed by atoms with E-state index in [0.717, 1.165) is 37.3 Å². The number of piperidine rings is 1. The van der Waals surface area contributed by atoms with Crippen molar-refractivity contribution in [2.24, 2.45) is 0 Å². The quantitative estimate of drug-likeness (QED) is 0.939. The fourth-order valence-electron chi connectivity index (χ4n) is 2.79. The Morgan fingerprint density at radius 3 is 2.83 bits per heavy atom. The number of carbonyl (C=O) groups is 1. The van der Waals surface area contributed by atoms with Crippen LogP contribution in [0.25, 0.3) is 0 Å². The van der Waals surface area contributed by atoms with Crippen molar-refractivity contribution in [3.05, 3.63) is 41.8 Å². The van der Waals surface area contributed by atoms with Gasteiger partial charge in [0.15, 0.2) is 5.69 Å². The highest BCUT2D eigenvalue weighted by Crippen LogP contribution is 2.23. The van der Waals surface area contributed by atoms with Gasteiger partial charge in [0.1, 0.15) is 5.76 Å². The first-order chi connectivity index (χ1) is 11.2. The van der Waals surface area contributed by atoms with E-state index in [-0.39, 0.29) is 11.6 Å². The molecule has 23 heavy (non-hydrogen) atoms. The third kappa shape index (κ3) is 3.71. The molecule has 0 aliphatic carbocycles. The maximum atomic E-state index is 12.0. The van der Waals surface area contributed by atoms with Crippen LogP contribution in [0.1, 0.15) is 29.1 Å². The topological polar surface area (TPSA) is 67.6 Å². The maximum absolute atomic E-state index is 12.0. The van der Waals surface area contributed by atoms with Crippen LogP contribution < -0.4 is 10.2 Å². The molecule has 3 rings (SSSR count). The fourth-order valence-corrected chi connectivity index (χ4v) is 2.79. The number of hydrogen-bond acceptors (Lipinski definition) is 5. The molecule has 1 saturated heterocycles. The molecule has 1 unspecified atom stereocenters. The van der Waals surface area contributed by atoms with Gasteiger partial charge in [-0.05, 0) is 44.0 Å². The van der Waals surface area contributed by atoms with Crippen molar-refractivity contribution >= 4 is 17.3 Å². The summed E-state index contributed by atoms with van der Waals surface area (Å²) in [6, 6.07) is 9.44. The Balaban J connectivity index is 1.64. The van der Waals surface area contributed by atoms with Crippen LogP contribution in [-0.2, 0) is 4.74 Å². The zero-order valence-corrected chi connectivity index (χ0v) is 13.4. The number of benzene rings is 1. The van der Waals surface area contributed by atoms with Gasteiger partial charge in [-0.3, -0.25) is 4.79 Å². The van der Waals surface area contributed by atoms with Gasteiger partial charge < -0.3 is 19.5 Å². The lowest BCUT2D eigenvalue weighted by atomic mass is 10.1. The summed E-state index contributed by atoms with van der Waals surface area (Å²) < 4.78 is 10.4. The highest BCUT2D eigenvalue weighted by Gasteiger charge is 2.19. The average molecular weight is 315 g/mol. The Kier molecular flexibility index (Phi) is 4.62. The number of nitrogens with one attached hydrogen (secondary N) is 1. The van der Waals surface area contributed by atoms with Gasteiger partial charge in [0.2, 0.25) is 0 Å². The molecule has 122 valence electrons. The van der Waals surface area contributed by atoms with Crippen molar-refractivity contribution < 1.29 is 14.1 Å². The summed E-state index contributed by atoms with van der Waals surface area (Å²) in [5, 5.41) is 6.53. The zero-order chi connectivity index (χ0) is 16.2. The summed E-state index contributed by atoms with van der Waals surface area (Å²) in [6.07, 6.45) is 2.53. The second kappa shape index (κ2) is 6.83. The minimum absolute atomic E-state index is 0.271.